The van der Waals surface area contributed by atoms with Crippen LogP contribution in [-0.2, 0) is 0 Å². The standard InChI is InChI=1S/C17H20N2O2/c1-18-10-12-7-9-21-17-13(12)4-3-5-15(17)14-6-8-19-11-16(14)20-2/h3-6,8,11-12,18H,7,9-10H2,1-2H3/t12-/m0/s1. The Morgan fingerprint density at radius 2 is 2.24 bits per heavy atom. The van der Waals surface area contributed by atoms with Gasteiger partial charge in [0.2, 0.25) is 0 Å². The van der Waals surface area contributed by atoms with Crippen LogP contribution in [0.3, 0.4) is 0 Å². The molecule has 1 aromatic heterocycles. The molecule has 4 heteroatoms. The van der Waals surface area contributed by atoms with Crippen LogP contribution in [0.5, 0.6) is 11.5 Å². The summed E-state index contributed by atoms with van der Waals surface area (Å²) in [5.74, 6) is 2.24. The van der Waals surface area contributed by atoms with E-state index in [1.165, 1.54) is 5.56 Å². The fraction of sp³-hybridized carbons (Fsp3) is 0.353. The van der Waals surface area contributed by atoms with Crippen LogP contribution in [0.25, 0.3) is 11.1 Å². The number of likely N-dealkylation sites (N-methyl/N-ethyl adjacent to an activating group) is 1. The number of fused-ring (bicyclic) bond motifs is 1. The number of pyridine rings is 1. The van der Waals surface area contributed by atoms with Crippen molar-refractivity contribution in [1.29, 1.82) is 0 Å². The smallest absolute Gasteiger partial charge is 0.145 e. The lowest BCUT2D eigenvalue weighted by atomic mass is 9.89. The molecule has 0 aliphatic carbocycles. The van der Waals surface area contributed by atoms with E-state index in [4.69, 9.17) is 9.47 Å². The molecule has 4 nitrogen and oxygen atoms in total. The first-order chi connectivity index (χ1) is 10.3. The van der Waals surface area contributed by atoms with Gasteiger partial charge in [0.15, 0.2) is 0 Å². The average molecular weight is 284 g/mol. The topological polar surface area (TPSA) is 43.4 Å². The molecule has 1 N–H and O–H groups in total. The third-order valence-corrected chi connectivity index (χ3v) is 3.94. The zero-order valence-corrected chi connectivity index (χ0v) is 12.4. The zero-order chi connectivity index (χ0) is 14.7. The van der Waals surface area contributed by atoms with Crippen molar-refractivity contribution in [2.75, 3.05) is 27.3 Å². The van der Waals surface area contributed by atoms with Gasteiger partial charge in [-0.1, -0.05) is 18.2 Å². The molecule has 110 valence electrons. The Morgan fingerprint density at radius 1 is 1.33 bits per heavy atom. The molecular weight excluding hydrogens is 264 g/mol. The second-order valence-corrected chi connectivity index (χ2v) is 5.19. The number of aromatic nitrogens is 1. The molecule has 3 rings (SSSR count). The van der Waals surface area contributed by atoms with Crippen LogP contribution in [0.4, 0.5) is 0 Å². The molecule has 2 aromatic rings. The molecule has 0 amide bonds. The van der Waals surface area contributed by atoms with Gasteiger partial charge >= 0.3 is 0 Å². The maximum Gasteiger partial charge on any atom is 0.145 e. The van der Waals surface area contributed by atoms with Gasteiger partial charge in [-0.2, -0.15) is 0 Å². The van der Waals surface area contributed by atoms with E-state index in [0.29, 0.717) is 5.92 Å². The molecule has 1 aromatic carbocycles. The van der Waals surface area contributed by atoms with Crippen molar-refractivity contribution in [1.82, 2.24) is 10.3 Å². The van der Waals surface area contributed by atoms with Crippen LogP contribution in [0.15, 0.2) is 36.7 Å². The number of hydrogen-bond acceptors (Lipinski definition) is 4. The van der Waals surface area contributed by atoms with Crippen molar-refractivity contribution >= 4 is 0 Å². The fourth-order valence-electron chi connectivity index (χ4n) is 2.93. The second-order valence-electron chi connectivity index (χ2n) is 5.19. The molecule has 1 aliphatic heterocycles. The van der Waals surface area contributed by atoms with Gasteiger partial charge in [0.05, 0.1) is 19.9 Å². The fourth-order valence-corrected chi connectivity index (χ4v) is 2.93. The van der Waals surface area contributed by atoms with E-state index in [1.54, 1.807) is 19.5 Å². The van der Waals surface area contributed by atoms with Crippen molar-refractivity contribution in [3.05, 3.63) is 42.2 Å². The number of nitrogens with zero attached hydrogens (tertiary/aromatic N) is 1. The Labute approximate surface area is 125 Å². The van der Waals surface area contributed by atoms with Gasteiger partial charge in [0.1, 0.15) is 11.5 Å². The Morgan fingerprint density at radius 3 is 3.05 bits per heavy atom. The zero-order valence-electron chi connectivity index (χ0n) is 12.4. The van der Waals surface area contributed by atoms with Crippen LogP contribution in [0.1, 0.15) is 17.9 Å². The van der Waals surface area contributed by atoms with Crippen molar-refractivity contribution < 1.29 is 9.47 Å². The number of para-hydroxylation sites is 1. The van der Waals surface area contributed by atoms with Crippen LogP contribution in [-0.4, -0.2) is 32.3 Å². The van der Waals surface area contributed by atoms with Gasteiger partial charge < -0.3 is 14.8 Å². The van der Waals surface area contributed by atoms with Gasteiger partial charge in [-0.15, -0.1) is 0 Å². The average Bonchev–Trinajstić information content (AvgIpc) is 2.55. The highest BCUT2D eigenvalue weighted by atomic mass is 16.5. The first-order valence-corrected chi connectivity index (χ1v) is 7.23. The summed E-state index contributed by atoms with van der Waals surface area (Å²) in [6.45, 7) is 1.72. The third-order valence-electron chi connectivity index (χ3n) is 3.94. The minimum atomic E-state index is 0.492. The first kappa shape index (κ1) is 13.9. The van der Waals surface area contributed by atoms with E-state index in [2.05, 4.69) is 28.5 Å². The van der Waals surface area contributed by atoms with Crippen LogP contribution >= 0.6 is 0 Å². The van der Waals surface area contributed by atoms with Crippen molar-refractivity contribution in [3.63, 3.8) is 0 Å². The maximum atomic E-state index is 5.98. The summed E-state index contributed by atoms with van der Waals surface area (Å²) in [7, 11) is 3.66. The summed E-state index contributed by atoms with van der Waals surface area (Å²) < 4.78 is 11.4. The molecule has 1 atom stereocenters. The van der Waals surface area contributed by atoms with Crippen molar-refractivity contribution in [2.45, 2.75) is 12.3 Å². The van der Waals surface area contributed by atoms with Gasteiger partial charge in [-0.25, -0.2) is 0 Å². The SMILES string of the molecule is CNC[C@@H]1CCOc2c(-c3ccncc3OC)cccc21. The summed E-state index contributed by atoms with van der Waals surface area (Å²) in [4.78, 5) is 4.12. The van der Waals surface area contributed by atoms with E-state index < -0.39 is 0 Å². The van der Waals surface area contributed by atoms with Crippen LogP contribution in [0, 0.1) is 0 Å². The Bertz CT molecular complexity index is 628. The highest BCUT2D eigenvalue weighted by Gasteiger charge is 2.24. The summed E-state index contributed by atoms with van der Waals surface area (Å²) in [6.07, 6.45) is 4.57. The third kappa shape index (κ3) is 2.59. The lowest BCUT2D eigenvalue weighted by Gasteiger charge is -2.28. The molecule has 0 spiro atoms. The molecule has 0 radical (unpaired) electrons. The Balaban J connectivity index is 2.10. The highest BCUT2D eigenvalue weighted by Crippen LogP contribution is 2.43. The predicted octanol–water partition coefficient (Wildman–Crippen LogP) is 2.84. The van der Waals surface area contributed by atoms with Gasteiger partial charge in [-0.05, 0) is 25.1 Å². The number of methoxy groups -OCH3 is 1. The Kier molecular flexibility index (Phi) is 4.06. The van der Waals surface area contributed by atoms with Crippen molar-refractivity contribution in [2.24, 2.45) is 0 Å². The van der Waals surface area contributed by atoms with E-state index in [9.17, 15) is 0 Å². The van der Waals surface area contributed by atoms with Crippen molar-refractivity contribution in [3.8, 4) is 22.6 Å². The van der Waals surface area contributed by atoms with Gasteiger partial charge in [-0.3, -0.25) is 4.98 Å². The molecule has 0 saturated heterocycles. The first-order valence-electron chi connectivity index (χ1n) is 7.23. The number of benzene rings is 1. The summed E-state index contributed by atoms with van der Waals surface area (Å²) in [6, 6.07) is 8.30. The molecule has 2 heterocycles. The minimum absolute atomic E-state index is 0.492. The lowest BCUT2D eigenvalue weighted by Crippen LogP contribution is -2.23. The molecule has 1 aliphatic rings. The summed E-state index contributed by atoms with van der Waals surface area (Å²) >= 11 is 0. The van der Waals surface area contributed by atoms with E-state index >= 15 is 0 Å². The van der Waals surface area contributed by atoms with Crippen LogP contribution in [0.2, 0.25) is 0 Å². The molecule has 0 saturated carbocycles. The monoisotopic (exact) mass is 284 g/mol. The minimum Gasteiger partial charge on any atom is -0.494 e. The maximum absolute atomic E-state index is 5.98. The van der Waals surface area contributed by atoms with Gasteiger partial charge in [0, 0.05) is 29.8 Å². The quantitative estimate of drug-likeness (QED) is 0.937. The van der Waals surface area contributed by atoms with Gasteiger partial charge in [0.25, 0.3) is 0 Å². The van der Waals surface area contributed by atoms with Crippen LogP contribution < -0.4 is 14.8 Å². The molecular formula is C17H20N2O2. The molecule has 21 heavy (non-hydrogen) atoms. The summed E-state index contributed by atoms with van der Waals surface area (Å²) in [5, 5.41) is 3.27. The molecule has 0 fully saturated rings. The number of ether oxygens (including phenoxy) is 2. The second kappa shape index (κ2) is 6.14. The predicted molar refractivity (Wildman–Crippen MR) is 83.0 cm³/mol. The van der Waals surface area contributed by atoms with E-state index in [-0.39, 0.29) is 0 Å². The largest absolute Gasteiger partial charge is 0.494 e. The number of nitrogens with one attached hydrogen (secondary N) is 1. The number of hydrogen-bond donors (Lipinski definition) is 1. The Hall–Kier alpha value is -2.07. The normalized spacial score (nSPS) is 17.0. The van der Waals surface area contributed by atoms with E-state index in [1.807, 2.05) is 13.1 Å². The number of rotatable bonds is 4. The van der Waals surface area contributed by atoms with E-state index in [0.717, 1.165) is 42.2 Å². The highest BCUT2D eigenvalue weighted by molar-refractivity contribution is 5.77. The summed E-state index contributed by atoms with van der Waals surface area (Å²) in [5.41, 5.74) is 3.37. The molecule has 0 unspecified atom stereocenters. The molecule has 0 bridgehead atoms. The lowest BCUT2D eigenvalue weighted by molar-refractivity contribution is 0.267.